The summed E-state index contributed by atoms with van der Waals surface area (Å²) in [5, 5.41) is 48.3. The van der Waals surface area contributed by atoms with Crippen LogP contribution in [0.1, 0.15) is 11.1 Å². The molecule has 7 heteroatoms. The maximum atomic E-state index is 9.94. The quantitative estimate of drug-likeness (QED) is 0.531. The summed E-state index contributed by atoms with van der Waals surface area (Å²) in [7, 11) is 0. The van der Waals surface area contributed by atoms with Gasteiger partial charge in [0.05, 0.1) is 6.61 Å². The van der Waals surface area contributed by atoms with Crippen LogP contribution in [-0.2, 0) is 17.6 Å². The minimum atomic E-state index is -1.40. The molecule has 0 radical (unpaired) electrons. The van der Waals surface area contributed by atoms with Gasteiger partial charge in [-0.2, -0.15) is 0 Å². The maximum absolute atomic E-state index is 9.94. The van der Waals surface area contributed by atoms with Gasteiger partial charge in [-0.25, -0.2) is 0 Å². The first-order valence-electron chi connectivity index (χ1n) is 8.35. The maximum Gasteiger partial charge on any atom is 0.228 e. The van der Waals surface area contributed by atoms with Crippen LogP contribution in [-0.4, -0.2) is 56.7 Å². The fourth-order valence-corrected chi connectivity index (χ4v) is 2.82. The van der Waals surface area contributed by atoms with E-state index in [0.29, 0.717) is 18.6 Å². The molecular weight excluding hydrogens is 340 g/mol. The second-order valence-electron chi connectivity index (χ2n) is 6.37. The first kappa shape index (κ1) is 18.5. The van der Waals surface area contributed by atoms with E-state index < -0.39 is 24.6 Å². The minimum absolute atomic E-state index is 0.00842. The van der Waals surface area contributed by atoms with Crippen molar-refractivity contribution in [2.75, 3.05) is 6.61 Å². The van der Waals surface area contributed by atoms with Gasteiger partial charge in [0.15, 0.2) is 0 Å². The minimum Gasteiger partial charge on any atom is -0.508 e. The number of aliphatic hydroxyl groups is 3. The average Bonchev–Trinajstić information content (AvgIpc) is 2.61. The highest BCUT2D eigenvalue weighted by Gasteiger charge is 2.39. The number of ether oxygens (including phenoxy) is 2. The molecule has 0 amide bonds. The van der Waals surface area contributed by atoms with Crippen LogP contribution in [0.25, 0.3) is 0 Å². The Hall–Kier alpha value is -2.32. The number of aryl methyl sites for hydroxylation is 2. The number of phenolic OH excluding ortho intramolecular Hbond substituents is 2. The van der Waals surface area contributed by atoms with Gasteiger partial charge in [-0.1, -0.05) is 12.1 Å². The second kappa shape index (κ2) is 7.92. The predicted octanol–water partition coefficient (Wildman–Crippen LogP) is 0.701. The Labute approximate surface area is 150 Å². The number of benzene rings is 2. The number of rotatable bonds is 5. The van der Waals surface area contributed by atoms with Gasteiger partial charge in [-0.3, -0.25) is 0 Å². The molecule has 0 aromatic heterocycles. The van der Waals surface area contributed by atoms with Crippen LogP contribution in [0.3, 0.4) is 0 Å². The van der Waals surface area contributed by atoms with Gasteiger partial charge >= 0.3 is 0 Å². The predicted molar refractivity (Wildman–Crippen MR) is 92.0 cm³/mol. The van der Waals surface area contributed by atoms with Crippen molar-refractivity contribution in [3.63, 3.8) is 0 Å². The molecule has 2 aromatic rings. The van der Waals surface area contributed by atoms with Crippen molar-refractivity contribution in [2.24, 2.45) is 0 Å². The van der Waals surface area contributed by atoms with Crippen LogP contribution in [0, 0.1) is 0 Å². The highest BCUT2D eigenvalue weighted by Crippen LogP contribution is 2.26. The summed E-state index contributed by atoms with van der Waals surface area (Å²) in [6, 6.07) is 11.6. The Bertz CT molecular complexity index is 731. The molecule has 0 spiro atoms. The Morgan fingerprint density at radius 2 is 1.54 bits per heavy atom. The summed E-state index contributed by atoms with van der Waals surface area (Å²) >= 11 is 0. The molecule has 0 unspecified atom stereocenters. The van der Waals surface area contributed by atoms with Crippen molar-refractivity contribution in [1.82, 2.24) is 0 Å². The second-order valence-corrected chi connectivity index (χ2v) is 6.37. The third-order valence-corrected chi connectivity index (χ3v) is 4.30. The normalized spacial score (nSPS) is 25.8. The van der Waals surface area contributed by atoms with Crippen molar-refractivity contribution < 1.29 is 35.0 Å². The van der Waals surface area contributed by atoms with E-state index in [1.165, 1.54) is 6.07 Å². The number of aliphatic hydroxyl groups excluding tert-OH is 3. The lowest BCUT2D eigenvalue weighted by atomic mass is 10.0. The molecule has 0 saturated carbocycles. The molecule has 0 aliphatic carbocycles. The van der Waals surface area contributed by atoms with E-state index >= 15 is 0 Å². The van der Waals surface area contributed by atoms with Crippen molar-refractivity contribution in [3.8, 4) is 17.2 Å². The summed E-state index contributed by atoms with van der Waals surface area (Å²) in [5.74, 6) is 0.507. The van der Waals surface area contributed by atoms with Crippen LogP contribution >= 0.6 is 0 Å². The van der Waals surface area contributed by atoms with Crippen molar-refractivity contribution >= 4 is 0 Å². The highest BCUT2D eigenvalue weighted by atomic mass is 16.7. The number of hydrogen-bond donors (Lipinski definition) is 5. The van der Waals surface area contributed by atoms with E-state index in [1.807, 2.05) is 12.1 Å². The summed E-state index contributed by atoms with van der Waals surface area (Å²) in [6.07, 6.45) is -3.74. The topological polar surface area (TPSA) is 120 Å². The van der Waals surface area contributed by atoms with Crippen LogP contribution in [0.5, 0.6) is 17.2 Å². The lowest BCUT2D eigenvalue weighted by Gasteiger charge is -2.35. The molecule has 0 bridgehead atoms. The van der Waals surface area contributed by atoms with Gasteiger partial charge in [0.2, 0.25) is 6.29 Å². The Kier molecular flexibility index (Phi) is 5.63. The van der Waals surface area contributed by atoms with Crippen LogP contribution in [0.2, 0.25) is 0 Å². The molecule has 7 nitrogen and oxygen atoms in total. The lowest BCUT2D eigenvalue weighted by Crippen LogP contribution is -2.54. The van der Waals surface area contributed by atoms with E-state index in [0.717, 1.165) is 11.1 Å². The number of hydrogen-bond acceptors (Lipinski definition) is 7. The molecule has 26 heavy (non-hydrogen) atoms. The van der Waals surface area contributed by atoms with Crippen LogP contribution < -0.4 is 4.74 Å². The summed E-state index contributed by atoms with van der Waals surface area (Å²) in [6.45, 7) is -0.157. The molecule has 4 atom stereocenters. The number of aromatic hydroxyl groups is 2. The number of phenols is 2. The van der Waals surface area contributed by atoms with E-state index in [2.05, 4.69) is 0 Å². The van der Waals surface area contributed by atoms with Gasteiger partial charge in [0.25, 0.3) is 0 Å². The lowest BCUT2D eigenvalue weighted by molar-refractivity contribution is -0.242. The summed E-state index contributed by atoms with van der Waals surface area (Å²) in [4.78, 5) is 0. The van der Waals surface area contributed by atoms with E-state index in [4.69, 9.17) is 9.47 Å². The third-order valence-electron chi connectivity index (χ3n) is 4.30. The van der Waals surface area contributed by atoms with Gasteiger partial charge < -0.3 is 35.0 Å². The van der Waals surface area contributed by atoms with E-state index in [1.54, 1.807) is 24.3 Å². The molecule has 1 heterocycles. The first-order valence-corrected chi connectivity index (χ1v) is 8.35. The van der Waals surface area contributed by atoms with Gasteiger partial charge in [0.1, 0.15) is 35.6 Å². The van der Waals surface area contributed by atoms with Crippen LogP contribution in [0.15, 0.2) is 42.5 Å². The molecular formula is C19H22O7. The summed E-state index contributed by atoms with van der Waals surface area (Å²) in [5.41, 5.74) is 1.86. The van der Waals surface area contributed by atoms with E-state index in [-0.39, 0.29) is 18.1 Å². The van der Waals surface area contributed by atoms with Gasteiger partial charge in [0, 0.05) is 6.07 Å². The van der Waals surface area contributed by atoms with Gasteiger partial charge in [-0.15, -0.1) is 0 Å². The largest absolute Gasteiger partial charge is 0.508 e. The zero-order valence-electron chi connectivity index (χ0n) is 14.0. The fraction of sp³-hybridized carbons (Fsp3) is 0.368. The molecule has 1 aliphatic heterocycles. The first-order chi connectivity index (χ1) is 12.4. The fourth-order valence-electron chi connectivity index (χ4n) is 2.82. The SMILES string of the molecule is Oc1ccc(CCc2cc(O)cc(O[C@@H]3OC[C@@H](O)[C@H](O)[C@H]3O)c2)cc1. The molecule has 5 N–H and O–H groups in total. The van der Waals surface area contributed by atoms with Gasteiger partial charge in [-0.05, 0) is 48.2 Å². The molecule has 1 aliphatic rings. The molecule has 3 rings (SSSR count). The molecule has 1 saturated heterocycles. The van der Waals surface area contributed by atoms with E-state index in [9.17, 15) is 25.5 Å². The Morgan fingerprint density at radius 1 is 0.846 bits per heavy atom. The van der Waals surface area contributed by atoms with Crippen molar-refractivity contribution in [1.29, 1.82) is 0 Å². The van der Waals surface area contributed by atoms with Crippen molar-refractivity contribution in [3.05, 3.63) is 53.6 Å². The molecule has 1 fully saturated rings. The monoisotopic (exact) mass is 362 g/mol. The molecule has 140 valence electrons. The highest BCUT2D eigenvalue weighted by molar-refractivity contribution is 5.38. The summed E-state index contributed by atoms with van der Waals surface area (Å²) < 4.78 is 10.7. The molecule has 2 aromatic carbocycles. The Morgan fingerprint density at radius 3 is 2.27 bits per heavy atom. The Balaban J connectivity index is 1.66. The smallest absolute Gasteiger partial charge is 0.228 e. The standard InChI is InChI=1S/C19H22O7/c20-13-5-3-11(4-6-13)1-2-12-7-14(21)9-15(8-12)26-19-18(24)17(23)16(22)10-25-19/h3-9,16-24H,1-2,10H2/t16-,17+,18-,19+/m1/s1. The zero-order chi connectivity index (χ0) is 18.7. The van der Waals surface area contributed by atoms with Crippen molar-refractivity contribution in [2.45, 2.75) is 37.4 Å². The van der Waals surface area contributed by atoms with Crippen LogP contribution in [0.4, 0.5) is 0 Å². The average molecular weight is 362 g/mol. The zero-order valence-corrected chi connectivity index (χ0v) is 14.0. The third kappa shape index (κ3) is 4.44.